The first-order valence-corrected chi connectivity index (χ1v) is 12.2. The van der Waals surface area contributed by atoms with E-state index in [-0.39, 0.29) is 15.6 Å². The lowest BCUT2D eigenvalue weighted by Gasteiger charge is -2.59. The van der Waals surface area contributed by atoms with Gasteiger partial charge in [0, 0.05) is 22.6 Å². The fraction of sp³-hybridized carbons (Fsp3) is 0.708. The lowest BCUT2D eigenvalue weighted by molar-refractivity contribution is -0.138. The van der Waals surface area contributed by atoms with Crippen molar-refractivity contribution in [2.45, 2.75) is 56.7 Å². The summed E-state index contributed by atoms with van der Waals surface area (Å²) in [6.45, 7) is 7.78. The van der Waals surface area contributed by atoms with Crippen molar-refractivity contribution in [1.29, 1.82) is 0 Å². The maximum absolute atomic E-state index is 13.4. The minimum Gasteiger partial charge on any atom is -0.493 e. The molecule has 30 heavy (non-hydrogen) atoms. The van der Waals surface area contributed by atoms with Gasteiger partial charge < -0.3 is 19.7 Å². The van der Waals surface area contributed by atoms with E-state index >= 15 is 0 Å². The average Bonchev–Trinajstić information content (AvgIpc) is 2.69. The molecular formula is C24H35BrN2O3. The van der Waals surface area contributed by atoms with E-state index in [4.69, 9.17) is 9.47 Å². The van der Waals surface area contributed by atoms with Gasteiger partial charge >= 0.3 is 0 Å². The van der Waals surface area contributed by atoms with Gasteiger partial charge in [-0.3, -0.25) is 4.79 Å². The number of methoxy groups -OCH3 is 1. The number of nitrogens with zero attached hydrogens (tertiary/aromatic N) is 1. The van der Waals surface area contributed by atoms with Crippen molar-refractivity contribution >= 4 is 27.5 Å². The molecule has 4 aliphatic rings. The summed E-state index contributed by atoms with van der Waals surface area (Å²) in [7, 11) is 1.65. The maximum Gasteiger partial charge on any atom is 0.230 e. The van der Waals surface area contributed by atoms with E-state index in [1.54, 1.807) is 7.11 Å². The number of ether oxygens (including phenoxy) is 2. The molecule has 4 aliphatic carbocycles. The van der Waals surface area contributed by atoms with Crippen molar-refractivity contribution in [1.82, 2.24) is 4.90 Å². The second-order valence-electron chi connectivity index (χ2n) is 9.59. The van der Waals surface area contributed by atoms with E-state index in [0.29, 0.717) is 29.9 Å². The van der Waals surface area contributed by atoms with Crippen LogP contribution in [-0.4, -0.2) is 48.5 Å². The largest absolute Gasteiger partial charge is 0.493 e. The van der Waals surface area contributed by atoms with E-state index in [2.05, 4.69) is 40.0 Å². The zero-order valence-electron chi connectivity index (χ0n) is 18.5. The van der Waals surface area contributed by atoms with Crippen LogP contribution < -0.4 is 14.8 Å². The van der Waals surface area contributed by atoms with Crippen LogP contribution in [0.15, 0.2) is 18.2 Å². The van der Waals surface area contributed by atoms with Crippen molar-refractivity contribution < 1.29 is 14.3 Å². The number of amides is 1. The molecule has 2 atom stereocenters. The van der Waals surface area contributed by atoms with E-state index < -0.39 is 0 Å². The predicted molar refractivity (Wildman–Crippen MR) is 124 cm³/mol. The van der Waals surface area contributed by atoms with Crippen molar-refractivity contribution in [2.24, 2.45) is 17.3 Å². The normalized spacial score (nSPS) is 31.8. The predicted octanol–water partition coefficient (Wildman–Crippen LogP) is 5.09. The van der Waals surface area contributed by atoms with Gasteiger partial charge in [0.25, 0.3) is 0 Å². The van der Waals surface area contributed by atoms with Crippen LogP contribution in [0.2, 0.25) is 0 Å². The molecule has 0 spiro atoms. The van der Waals surface area contributed by atoms with E-state index in [9.17, 15) is 4.79 Å². The topological polar surface area (TPSA) is 50.8 Å². The highest BCUT2D eigenvalue weighted by Gasteiger charge is 2.59. The molecule has 4 fully saturated rings. The first kappa shape index (κ1) is 21.9. The third-order valence-electron chi connectivity index (χ3n) is 7.45. The van der Waals surface area contributed by atoms with Gasteiger partial charge in [0.15, 0.2) is 11.5 Å². The number of anilines is 1. The summed E-state index contributed by atoms with van der Waals surface area (Å²) in [6.07, 6.45) is 6.78. The zero-order chi connectivity index (χ0) is 21.4. The molecule has 6 heteroatoms. The van der Waals surface area contributed by atoms with Crippen LogP contribution in [0.1, 0.15) is 52.4 Å². The van der Waals surface area contributed by atoms with Crippen molar-refractivity contribution in [3.05, 3.63) is 18.2 Å². The van der Waals surface area contributed by atoms with Gasteiger partial charge in [-0.2, -0.15) is 0 Å². The molecular weight excluding hydrogens is 444 g/mol. The first-order valence-electron chi connectivity index (χ1n) is 11.4. The Morgan fingerprint density at radius 1 is 1.17 bits per heavy atom. The Bertz CT molecular complexity index is 766. The van der Waals surface area contributed by atoms with Crippen LogP contribution in [0.4, 0.5) is 5.69 Å². The van der Waals surface area contributed by atoms with Gasteiger partial charge in [0.2, 0.25) is 5.91 Å². The number of hydrogen-bond donors (Lipinski definition) is 1. The quantitative estimate of drug-likeness (QED) is 0.502. The Hall–Kier alpha value is -1.27. The molecule has 4 saturated carbocycles. The molecule has 1 aromatic carbocycles. The molecule has 0 heterocycles. The molecule has 1 amide bonds. The minimum absolute atomic E-state index is 0.174. The SMILES string of the molecule is CCN(CC)CCOc1cc(NC(=O)C23CC4CC(CC(Br)(C4)C2)C3)ccc1OC. The zero-order valence-corrected chi connectivity index (χ0v) is 20.1. The van der Waals surface area contributed by atoms with Crippen molar-refractivity contribution in [3.63, 3.8) is 0 Å². The smallest absolute Gasteiger partial charge is 0.230 e. The van der Waals surface area contributed by atoms with E-state index in [1.807, 2.05) is 18.2 Å². The highest BCUT2D eigenvalue weighted by molar-refractivity contribution is 9.10. The van der Waals surface area contributed by atoms with Crippen LogP contribution in [0.3, 0.4) is 0 Å². The first-order chi connectivity index (χ1) is 14.4. The van der Waals surface area contributed by atoms with Gasteiger partial charge in [-0.1, -0.05) is 29.8 Å². The van der Waals surface area contributed by atoms with Crippen molar-refractivity contribution in [2.75, 3.05) is 38.7 Å². The van der Waals surface area contributed by atoms with Crippen LogP contribution in [-0.2, 0) is 4.79 Å². The van der Waals surface area contributed by atoms with Crippen LogP contribution in [0.25, 0.3) is 0 Å². The molecule has 0 aromatic heterocycles. The van der Waals surface area contributed by atoms with Gasteiger partial charge in [-0.25, -0.2) is 0 Å². The highest BCUT2D eigenvalue weighted by atomic mass is 79.9. The third-order valence-corrected chi connectivity index (χ3v) is 8.38. The molecule has 2 unspecified atom stereocenters. The standard InChI is InChI=1S/C24H35BrN2O3/c1-4-27(5-2)8-9-30-21-11-19(6-7-20(21)29-3)26-22(28)23-12-17-10-18(13-23)15-24(25,14-17)16-23/h6-7,11,17-18H,4-5,8-10,12-16H2,1-3H3,(H,26,28). The fourth-order valence-corrected chi connectivity index (χ4v) is 7.82. The number of alkyl halides is 1. The molecule has 0 saturated heterocycles. The molecule has 1 aromatic rings. The number of halogens is 1. The lowest BCUT2D eigenvalue weighted by Crippen LogP contribution is -2.57. The summed E-state index contributed by atoms with van der Waals surface area (Å²) >= 11 is 4.01. The summed E-state index contributed by atoms with van der Waals surface area (Å²) in [5.41, 5.74) is 0.565. The van der Waals surface area contributed by atoms with Crippen LogP contribution in [0, 0.1) is 17.3 Å². The summed E-state index contributed by atoms with van der Waals surface area (Å²) in [4.78, 5) is 15.8. The number of benzene rings is 1. The Morgan fingerprint density at radius 3 is 2.47 bits per heavy atom. The van der Waals surface area contributed by atoms with Gasteiger partial charge in [-0.15, -0.1) is 0 Å². The molecule has 4 bridgehead atoms. The number of rotatable bonds is 9. The second kappa shape index (κ2) is 8.70. The summed E-state index contributed by atoms with van der Waals surface area (Å²) in [6, 6.07) is 5.70. The number of carbonyl (C=O) groups excluding carboxylic acids is 1. The van der Waals surface area contributed by atoms with Gasteiger partial charge in [-0.05, 0) is 75.6 Å². The fourth-order valence-electron chi connectivity index (χ4n) is 6.37. The molecule has 0 radical (unpaired) electrons. The summed E-state index contributed by atoms with van der Waals surface area (Å²) in [5.74, 6) is 2.93. The van der Waals surface area contributed by atoms with Crippen LogP contribution in [0.5, 0.6) is 11.5 Å². The Balaban J connectivity index is 1.45. The number of carbonyl (C=O) groups is 1. The van der Waals surface area contributed by atoms with E-state index in [1.165, 1.54) is 19.3 Å². The van der Waals surface area contributed by atoms with Gasteiger partial charge in [0.1, 0.15) is 6.61 Å². The molecule has 5 rings (SSSR count). The average molecular weight is 479 g/mol. The molecule has 5 nitrogen and oxygen atoms in total. The molecule has 1 N–H and O–H groups in total. The number of hydrogen-bond acceptors (Lipinski definition) is 4. The molecule has 166 valence electrons. The van der Waals surface area contributed by atoms with Crippen LogP contribution >= 0.6 is 15.9 Å². The Morgan fingerprint density at radius 2 is 1.87 bits per heavy atom. The number of likely N-dealkylation sites (N-methyl/N-ethyl adjacent to an activating group) is 1. The minimum atomic E-state index is -0.225. The maximum atomic E-state index is 13.4. The van der Waals surface area contributed by atoms with Gasteiger partial charge in [0.05, 0.1) is 12.5 Å². The third kappa shape index (κ3) is 4.36. The highest BCUT2D eigenvalue weighted by Crippen LogP contribution is 2.64. The monoisotopic (exact) mass is 478 g/mol. The Kier molecular flexibility index (Phi) is 6.36. The van der Waals surface area contributed by atoms with Crippen molar-refractivity contribution in [3.8, 4) is 11.5 Å². The Labute approximate surface area is 189 Å². The summed E-state index contributed by atoms with van der Waals surface area (Å²) in [5, 5.41) is 3.22. The number of nitrogens with one attached hydrogen (secondary N) is 1. The summed E-state index contributed by atoms with van der Waals surface area (Å²) < 4.78 is 11.7. The molecule has 0 aliphatic heterocycles. The lowest BCUT2D eigenvalue weighted by atomic mass is 9.49. The second-order valence-corrected chi connectivity index (χ2v) is 11.3. The van der Waals surface area contributed by atoms with E-state index in [0.717, 1.165) is 44.6 Å².